The average molecular weight is 386 g/mol. The Labute approximate surface area is 172 Å². The number of carbonyl (C=O) groups excluding carboxylic acids is 1. The van der Waals surface area contributed by atoms with Crippen molar-refractivity contribution in [3.05, 3.63) is 82.2 Å². The van der Waals surface area contributed by atoms with E-state index in [0.717, 1.165) is 37.1 Å². The first kappa shape index (κ1) is 18.2. The Morgan fingerprint density at radius 2 is 1.83 bits per heavy atom. The highest BCUT2D eigenvalue weighted by molar-refractivity contribution is 5.99. The van der Waals surface area contributed by atoms with Crippen molar-refractivity contribution in [2.75, 3.05) is 0 Å². The number of hydrogen-bond acceptors (Lipinski definition) is 2. The molecule has 1 saturated carbocycles. The van der Waals surface area contributed by atoms with Gasteiger partial charge in [0.25, 0.3) is 5.91 Å². The van der Waals surface area contributed by atoms with E-state index >= 15 is 0 Å². The van der Waals surface area contributed by atoms with Crippen molar-refractivity contribution in [2.24, 2.45) is 0 Å². The molecule has 1 aliphatic carbocycles. The fraction of sp³-hybridized carbons (Fsp3) is 0.360. The molecule has 148 valence electrons. The maximum absolute atomic E-state index is 13.1. The van der Waals surface area contributed by atoms with Gasteiger partial charge in [-0.25, -0.2) is 4.68 Å². The minimum absolute atomic E-state index is 0.241. The Morgan fingerprint density at radius 3 is 2.52 bits per heavy atom. The van der Waals surface area contributed by atoms with E-state index < -0.39 is 0 Å². The van der Waals surface area contributed by atoms with Gasteiger partial charge in [-0.1, -0.05) is 25.0 Å². The molecule has 29 heavy (non-hydrogen) atoms. The van der Waals surface area contributed by atoms with Crippen LogP contribution < -0.4 is 0 Å². The van der Waals surface area contributed by atoms with E-state index in [-0.39, 0.29) is 5.91 Å². The predicted molar refractivity (Wildman–Crippen MR) is 114 cm³/mol. The van der Waals surface area contributed by atoms with Gasteiger partial charge in [0.2, 0.25) is 0 Å². The Kier molecular flexibility index (Phi) is 4.50. The molecule has 4 heteroatoms. The zero-order valence-corrected chi connectivity index (χ0v) is 17.2. The van der Waals surface area contributed by atoms with Crippen LogP contribution in [0, 0.1) is 13.8 Å². The van der Waals surface area contributed by atoms with Crippen LogP contribution in [0.2, 0.25) is 0 Å². The Balaban J connectivity index is 1.42. The van der Waals surface area contributed by atoms with Gasteiger partial charge < -0.3 is 4.90 Å². The summed E-state index contributed by atoms with van der Waals surface area (Å²) >= 11 is 0. The van der Waals surface area contributed by atoms with Crippen molar-refractivity contribution < 1.29 is 4.79 Å². The predicted octanol–water partition coefficient (Wildman–Crippen LogP) is 4.98. The first-order valence-electron chi connectivity index (χ1n) is 10.6. The molecule has 1 aliphatic heterocycles. The monoisotopic (exact) mass is 385 g/mol. The molecule has 1 fully saturated rings. The quantitative estimate of drug-likeness (QED) is 0.635. The van der Waals surface area contributed by atoms with Crippen LogP contribution in [0.1, 0.15) is 63.9 Å². The van der Waals surface area contributed by atoms with Gasteiger partial charge in [-0.05, 0) is 85.2 Å². The summed E-state index contributed by atoms with van der Waals surface area (Å²) in [7, 11) is 0. The standard InChI is InChI=1S/C25H27N3O/c1-17-18(2)24-16-27(21-6-3-4-7-21)25(29)23(24)15-20(17)14-19-8-10-22(11-9-19)28-13-5-12-26-28/h5,8-13,15,21H,3-4,6-7,14,16H2,1-2H3. The lowest BCUT2D eigenvalue weighted by molar-refractivity contribution is 0.0707. The van der Waals surface area contributed by atoms with Crippen molar-refractivity contribution in [1.29, 1.82) is 0 Å². The fourth-order valence-electron chi connectivity index (χ4n) is 4.93. The molecule has 2 heterocycles. The summed E-state index contributed by atoms with van der Waals surface area (Å²) in [6.45, 7) is 5.18. The lowest BCUT2D eigenvalue weighted by atomic mass is 9.91. The largest absolute Gasteiger partial charge is 0.331 e. The van der Waals surface area contributed by atoms with Crippen LogP contribution in [0.3, 0.4) is 0 Å². The number of nitrogens with zero attached hydrogens (tertiary/aromatic N) is 3. The van der Waals surface area contributed by atoms with E-state index in [1.54, 1.807) is 6.20 Å². The van der Waals surface area contributed by atoms with Crippen LogP contribution in [0.5, 0.6) is 0 Å². The topological polar surface area (TPSA) is 38.1 Å². The smallest absolute Gasteiger partial charge is 0.254 e. The number of benzene rings is 2. The summed E-state index contributed by atoms with van der Waals surface area (Å²) in [5, 5.41) is 4.29. The summed E-state index contributed by atoms with van der Waals surface area (Å²) in [5.41, 5.74) is 8.36. The maximum atomic E-state index is 13.1. The molecular weight excluding hydrogens is 358 g/mol. The Bertz CT molecular complexity index is 1040. The number of carbonyl (C=O) groups is 1. The van der Waals surface area contributed by atoms with Crippen LogP contribution in [0.25, 0.3) is 5.69 Å². The van der Waals surface area contributed by atoms with E-state index in [9.17, 15) is 4.79 Å². The van der Waals surface area contributed by atoms with Gasteiger partial charge >= 0.3 is 0 Å². The van der Waals surface area contributed by atoms with Crippen LogP contribution in [0.4, 0.5) is 0 Å². The Hall–Kier alpha value is -2.88. The number of fused-ring (bicyclic) bond motifs is 1. The average Bonchev–Trinajstić information content (AvgIpc) is 3.49. The summed E-state index contributed by atoms with van der Waals surface area (Å²) in [5.74, 6) is 0.241. The SMILES string of the molecule is Cc1c(Cc2ccc(-n3cccn3)cc2)cc2c(c1C)CN(C1CCCC1)C2=O. The molecule has 1 amide bonds. The molecule has 3 aromatic rings. The Morgan fingerprint density at radius 1 is 1.07 bits per heavy atom. The lowest BCUT2D eigenvalue weighted by Crippen LogP contribution is -2.33. The summed E-state index contributed by atoms with van der Waals surface area (Å²) in [4.78, 5) is 15.3. The van der Waals surface area contributed by atoms with E-state index in [1.165, 1.54) is 40.7 Å². The second-order valence-corrected chi connectivity index (χ2v) is 8.48. The van der Waals surface area contributed by atoms with E-state index in [1.807, 2.05) is 16.9 Å². The normalized spacial score (nSPS) is 16.6. The van der Waals surface area contributed by atoms with Crippen LogP contribution in [-0.4, -0.2) is 26.6 Å². The van der Waals surface area contributed by atoms with Gasteiger partial charge in [0, 0.05) is 30.5 Å². The molecule has 0 bridgehead atoms. The van der Waals surface area contributed by atoms with Crippen LogP contribution in [0.15, 0.2) is 48.8 Å². The van der Waals surface area contributed by atoms with Gasteiger partial charge in [0.15, 0.2) is 0 Å². The van der Waals surface area contributed by atoms with Crippen LogP contribution in [-0.2, 0) is 13.0 Å². The van der Waals surface area contributed by atoms with E-state index in [4.69, 9.17) is 0 Å². The third-order valence-electron chi connectivity index (χ3n) is 6.83. The van der Waals surface area contributed by atoms with Crippen molar-refractivity contribution >= 4 is 5.91 Å². The van der Waals surface area contributed by atoms with Crippen molar-refractivity contribution in [3.63, 3.8) is 0 Å². The number of amides is 1. The molecule has 4 nitrogen and oxygen atoms in total. The number of aromatic nitrogens is 2. The van der Waals surface area contributed by atoms with Crippen molar-refractivity contribution in [2.45, 2.75) is 58.5 Å². The molecule has 2 aromatic carbocycles. The maximum Gasteiger partial charge on any atom is 0.254 e. The highest BCUT2D eigenvalue weighted by Crippen LogP contribution is 2.35. The molecule has 1 aromatic heterocycles. The van der Waals surface area contributed by atoms with Crippen molar-refractivity contribution in [1.82, 2.24) is 14.7 Å². The minimum atomic E-state index is 0.241. The van der Waals surface area contributed by atoms with Crippen molar-refractivity contribution in [3.8, 4) is 5.69 Å². The molecule has 2 aliphatic rings. The zero-order chi connectivity index (χ0) is 20.0. The molecule has 5 rings (SSSR count). The molecule has 0 atom stereocenters. The van der Waals surface area contributed by atoms with Gasteiger partial charge in [-0.2, -0.15) is 5.10 Å². The van der Waals surface area contributed by atoms with Gasteiger partial charge in [0.1, 0.15) is 0 Å². The second-order valence-electron chi connectivity index (χ2n) is 8.48. The number of hydrogen-bond donors (Lipinski definition) is 0. The lowest BCUT2D eigenvalue weighted by Gasteiger charge is -2.23. The number of rotatable bonds is 4. The molecular formula is C25H27N3O. The minimum Gasteiger partial charge on any atom is -0.331 e. The highest BCUT2D eigenvalue weighted by Gasteiger charge is 2.35. The van der Waals surface area contributed by atoms with E-state index in [2.05, 4.69) is 54.2 Å². The summed E-state index contributed by atoms with van der Waals surface area (Å²) < 4.78 is 1.87. The van der Waals surface area contributed by atoms with Crippen LogP contribution >= 0.6 is 0 Å². The summed E-state index contributed by atoms with van der Waals surface area (Å²) in [6.07, 6.45) is 9.41. The second kappa shape index (κ2) is 7.18. The molecule has 0 N–H and O–H groups in total. The molecule has 0 saturated heterocycles. The summed E-state index contributed by atoms with van der Waals surface area (Å²) in [6, 6.07) is 13.0. The fourth-order valence-corrected chi connectivity index (χ4v) is 4.93. The third kappa shape index (κ3) is 3.17. The zero-order valence-electron chi connectivity index (χ0n) is 17.2. The first-order valence-corrected chi connectivity index (χ1v) is 10.6. The van der Waals surface area contributed by atoms with Gasteiger partial charge in [0.05, 0.1) is 5.69 Å². The molecule has 0 spiro atoms. The first-order chi connectivity index (χ1) is 14.1. The molecule has 0 radical (unpaired) electrons. The van der Waals surface area contributed by atoms with E-state index in [0.29, 0.717) is 6.04 Å². The van der Waals surface area contributed by atoms with Gasteiger partial charge in [-0.3, -0.25) is 4.79 Å². The van der Waals surface area contributed by atoms with Gasteiger partial charge in [-0.15, -0.1) is 0 Å². The highest BCUT2D eigenvalue weighted by atomic mass is 16.2. The third-order valence-corrected chi connectivity index (χ3v) is 6.83. The molecule has 0 unspecified atom stereocenters.